The highest BCUT2D eigenvalue weighted by molar-refractivity contribution is 7.11. The molecule has 0 aliphatic heterocycles. The molecule has 0 saturated carbocycles. The molecule has 0 saturated heterocycles. The molecular formula is C15H17NO4S. The van der Waals surface area contributed by atoms with Crippen molar-refractivity contribution in [2.24, 2.45) is 0 Å². The average molecular weight is 307 g/mol. The van der Waals surface area contributed by atoms with Crippen LogP contribution >= 0.6 is 11.3 Å². The lowest BCUT2D eigenvalue weighted by Crippen LogP contribution is -2.00. The molecule has 1 aromatic carbocycles. The Morgan fingerprint density at radius 3 is 2.67 bits per heavy atom. The predicted octanol–water partition coefficient (Wildman–Crippen LogP) is 2.92. The first-order valence-electron chi connectivity index (χ1n) is 6.59. The van der Waals surface area contributed by atoms with Crippen molar-refractivity contribution in [2.45, 2.75) is 26.4 Å². The quantitative estimate of drug-likeness (QED) is 0.851. The van der Waals surface area contributed by atoms with Crippen molar-refractivity contribution < 1.29 is 19.4 Å². The molecule has 0 fully saturated rings. The number of benzene rings is 1. The maximum absolute atomic E-state index is 10.8. The highest BCUT2D eigenvalue weighted by Gasteiger charge is 2.13. The van der Waals surface area contributed by atoms with Crippen LogP contribution in [0.5, 0.6) is 11.5 Å². The van der Waals surface area contributed by atoms with Crippen LogP contribution < -0.4 is 9.47 Å². The van der Waals surface area contributed by atoms with E-state index in [0.717, 1.165) is 15.6 Å². The van der Waals surface area contributed by atoms with Gasteiger partial charge in [-0.25, -0.2) is 4.98 Å². The van der Waals surface area contributed by atoms with Gasteiger partial charge in [0.1, 0.15) is 11.6 Å². The van der Waals surface area contributed by atoms with E-state index in [4.69, 9.17) is 14.6 Å². The number of hydrogen-bond acceptors (Lipinski definition) is 5. The van der Waals surface area contributed by atoms with E-state index in [1.54, 1.807) is 7.11 Å². The Kier molecular flexibility index (Phi) is 5.16. The van der Waals surface area contributed by atoms with Gasteiger partial charge in [0.2, 0.25) is 0 Å². The fraction of sp³-hybridized carbons (Fsp3) is 0.333. The smallest absolute Gasteiger partial charge is 0.308 e. The molecule has 0 aliphatic carbocycles. The van der Waals surface area contributed by atoms with Crippen LogP contribution in [0, 0.1) is 0 Å². The molecule has 1 aromatic heterocycles. The Balaban J connectivity index is 2.09. The molecule has 112 valence electrons. The molecule has 0 spiro atoms. The highest BCUT2D eigenvalue weighted by Crippen LogP contribution is 2.28. The molecule has 0 amide bonds. The van der Waals surface area contributed by atoms with Gasteiger partial charge in [0.15, 0.2) is 11.5 Å². The third kappa shape index (κ3) is 3.95. The van der Waals surface area contributed by atoms with Crippen molar-refractivity contribution in [2.75, 3.05) is 7.11 Å². The molecule has 0 bridgehead atoms. The van der Waals surface area contributed by atoms with Crippen LogP contribution in [-0.4, -0.2) is 23.2 Å². The summed E-state index contributed by atoms with van der Waals surface area (Å²) in [6.45, 7) is 2.27. The fourth-order valence-corrected chi connectivity index (χ4v) is 2.99. The zero-order valence-electron chi connectivity index (χ0n) is 12.0. The Morgan fingerprint density at radius 2 is 2.05 bits per heavy atom. The van der Waals surface area contributed by atoms with Gasteiger partial charge in [-0.05, 0) is 18.6 Å². The van der Waals surface area contributed by atoms with Crippen LogP contribution in [0.15, 0.2) is 24.3 Å². The zero-order valence-corrected chi connectivity index (χ0v) is 12.8. The number of ether oxygens (including phenoxy) is 2. The normalized spacial score (nSPS) is 10.4. The van der Waals surface area contributed by atoms with Crippen molar-refractivity contribution in [1.29, 1.82) is 0 Å². The third-order valence-corrected chi connectivity index (χ3v) is 3.96. The van der Waals surface area contributed by atoms with Gasteiger partial charge in [-0.2, -0.15) is 0 Å². The van der Waals surface area contributed by atoms with Crippen molar-refractivity contribution >= 4 is 17.3 Å². The number of aromatic nitrogens is 1. The van der Waals surface area contributed by atoms with Crippen molar-refractivity contribution in [3.05, 3.63) is 39.8 Å². The third-order valence-electron chi connectivity index (χ3n) is 2.89. The average Bonchev–Trinajstić information content (AvgIpc) is 2.86. The molecule has 5 nitrogen and oxygen atoms in total. The van der Waals surface area contributed by atoms with E-state index in [-0.39, 0.29) is 6.42 Å². The summed E-state index contributed by atoms with van der Waals surface area (Å²) in [6.07, 6.45) is 0.725. The fourth-order valence-electron chi connectivity index (χ4n) is 1.93. The second kappa shape index (κ2) is 7.08. The molecule has 0 radical (unpaired) electrons. The standard InChI is InChI=1S/C15H17NO4S/c1-3-10-13(8-15(17)18)21-14(16-10)9-20-12-7-5-4-6-11(12)19-2/h4-7H,3,8-9H2,1-2H3,(H,17,18). The number of aryl methyl sites for hydroxylation is 1. The van der Waals surface area contributed by atoms with E-state index in [2.05, 4.69) is 4.98 Å². The van der Waals surface area contributed by atoms with Gasteiger partial charge < -0.3 is 14.6 Å². The summed E-state index contributed by atoms with van der Waals surface area (Å²) in [5, 5.41) is 9.68. The SMILES string of the molecule is CCc1nc(COc2ccccc2OC)sc1CC(=O)O. The minimum Gasteiger partial charge on any atom is -0.493 e. The first-order chi connectivity index (χ1) is 10.1. The monoisotopic (exact) mass is 307 g/mol. The Morgan fingerprint density at radius 1 is 1.33 bits per heavy atom. The molecule has 1 heterocycles. The summed E-state index contributed by atoms with van der Waals surface area (Å²) in [7, 11) is 1.59. The van der Waals surface area contributed by atoms with E-state index in [0.29, 0.717) is 24.5 Å². The molecule has 0 unspecified atom stereocenters. The lowest BCUT2D eigenvalue weighted by molar-refractivity contribution is -0.136. The van der Waals surface area contributed by atoms with Crippen LogP contribution in [0.25, 0.3) is 0 Å². The number of carboxylic acids is 1. The molecule has 0 atom stereocenters. The van der Waals surface area contributed by atoms with Gasteiger partial charge in [0, 0.05) is 4.88 Å². The lowest BCUT2D eigenvalue weighted by Gasteiger charge is -2.08. The van der Waals surface area contributed by atoms with Gasteiger partial charge in [-0.1, -0.05) is 19.1 Å². The molecule has 6 heteroatoms. The van der Waals surface area contributed by atoms with E-state index in [1.807, 2.05) is 31.2 Å². The molecule has 0 aliphatic rings. The lowest BCUT2D eigenvalue weighted by atomic mass is 10.2. The number of hydrogen-bond donors (Lipinski definition) is 1. The second-order valence-electron chi connectivity index (χ2n) is 4.34. The van der Waals surface area contributed by atoms with E-state index < -0.39 is 5.97 Å². The van der Waals surface area contributed by atoms with Crippen molar-refractivity contribution in [3.63, 3.8) is 0 Å². The van der Waals surface area contributed by atoms with Crippen LogP contribution in [0.3, 0.4) is 0 Å². The van der Waals surface area contributed by atoms with Crippen LogP contribution in [0.4, 0.5) is 0 Å². The van der Waals surface area contributed by atoms with Gasteiger partial charge >= 0.3 is 5.97 Å². The topological polar surface area (TPSA) is 68.7 Å². The first-order valence-corrected chi connectivity index (χ1v) is 7.40. The molecule has 1 N–H and O–H groups in total. The Bertz CT molecular complexity index is 624. The van der Waals surface area contributed by atoms with Crippen LogP contribution in [0.1, 0.15) is 22.5 Å². The molecule has 2 rings (SSSR count). The first kappa shape index (κ1) is 15.3. The summed E-state index contributed by atoms with van der Waals surface area (Å²) in [5.41, 5.74) is 0.834. The van der Waals surface area contributed by atoms with Gasteiger partial charge in [-0.3, -0.25) is 4.79 Å². The largest absolute Gasteiger partial charge is 0.493 e. The number of para-hydroxylation sites is 2. The summed E-state index contributed by atoms with van der Waals surface area (Å²) in [5.74, 6) is 0.467. The summed E-state index contributed by atoms with van der Waals surface area (Å²) < 4.78 is 10.9. The number of aliphatic carboxylic acids is 1. The molecular weight excluding hydrogens is 290 g/mol. The van der Waals surface area contributed by atoms with E-state index >= 15 is 0 Å². The highest BCUT2D eigenvalue weighted by atomic mass is 32.1. The maximum Gasteiger partial charge on any atom is 0.308 e. The number of carbonyl (C=O) groups is 1. The van der Waals surface area contributed by atoms with E-state index in [1.165, 1.54) is 11.3 Å². The number of nitrogens with zero attached hydrogens (tertiary/aromatic N) is 1. The number of rotatable bonds is 7. The van der Waals surface area contributed by atoms with Crippen LogP contribution in [-0.2, 0) is 24.2 Å². The minimum absolute atomic E-state index is 0.00942. The number of thiazole rings is 1. The molecule has 2 aromatic rings. The van der Waals surface area contributed by atoms with Gasteiger partial charge in [-0.15, -0.1) is 11.3 Å². The summed E-state index contributed by atoms with van der Waals surface area (Å²) >= 11 is 1.39. The Labute approximate surface area is 127 Å². The van der Waals surface area contributed by atoms with Crippen molar-refractivity contribution in [1.82, 2.24) is 4.98 Å². The van der Waals surface area contributed by atoms with E-state index in [9.17, 15) is 4.79 Å². The van der Waals surface area contributed by atoms with Crippen LogP contribution in [0.2, 0.25) is 0 Å². The maximum atomic E-state index is 10.8. The summed E-state index contributed by atoms with van der Waals surface area (Å²) in [4.78, 5) is 16.1. The van der Waals surface area contributed by atoms with Gasteiger partial charge in [0.05, 0.1) is 19.2 Å². The second-order valence-corrected chi connectivity index (χ2v) is 5.51. The molecule has 21 heavy (non-hydrogen) atoms. The minimum atomic E-state index is -0.842. The van der Waals surface area contributed by atoms with Gasteiger partial charge in [0.25, 0.3) is 0 Å². The Hall–Kier alpha value is -2.08. The van der Waals surface area contributed by atoms with Crippen molar-refractivity contribution in [3.8, 4) is 11.5 Å². The summed E-state index contributed by atoms with van der Waals surface area (Å²) in [6, 6.07) is 7.39. The predicted molar refractivity (Wildman–Crippen MR) is 80.2 cm³/mol. The number of methoxy groups -OCH3 is 1. The number of carboxylic acid groups (broad SMARTS) is 1. The zero-order chi connectivity index (χ0) is 15.2.